The summed E-state index contributed by atoms with van der Waals surface area (Å²) in [5, 5.41) is 8.61. The molecule has 0 atom stereocenters. The summed E-state index contributed by atoms with van der Waals surface area (Å²) in [7, 11) is 0. The van der Waals surface area contributed by atoms with Crippen LogP contribution in [0, 0.1) is 3.57 Å². The van der Waals surface area contributed by atoms with Gasteiger partial charge in [-0.1, -0.05) is 0 Å². The molecule has 1 aromatic rings. The van der Waals surface area contributed by atoms with E-state index in [-0.39, 0.29) is 5.82 Å². The molecule has 0 aliphatic rings. The molecule has 7 heteroatoms. The van der Waals surface area contributed by atoms with Crippen LogP contribution in [0.1, 0.15) is 22.5 Å². The molecular weight excluding hydrogens is 309 g/mol. The van der Waals surface area contributed by atoms with Crippen LogP contribution < -0.4 is 5.73 Å². The number of nitrogen functional groups attached to an aromatic ring is 1. The van der Waals surface area contributed by atoms with Gasteiger partial charge >= 0.3 is 5.97 Å². The van der Waals surface area contributed by atoms with Crippen molar-refractivity contribution in [2.75, 3.05) is 5.73 Å². The summed E-state index contributed by atoms with van der Waals surface area (Å²) in [6.07, 6.45) is -2.94. The molecule has 1 rings (SSSR count). The smallest absolute Gasteiger partial charge is 0.337 e. The molecule has 0 amide bonds. The molecule has 4 nitrogen and oxygen atoms in total. The molecule has 0 bridgehead atoms. The van der Waals surface area contributed by atoms with Gasteiger partial charge in [-0.05, 0) is 28.7 Å². The van der Waals surface area contributed by atoms with E-state index in [1.54, 1.807) is 22.6 Å². The second-order valence-electron chi connectivity index (χ2n) is 2.39. The molecule has 76 valence electrons. The molecule has 1 aromatic heterocycles. The highest BCUT2D eigenvalue weighted by Crippen LogP contribution is 2.25. The van der Waals surface area contributed by atoms with Gasteiger partial charge in [-0.15, -0.1) is 0 Å². The van der Waals surface area contributed by atoms with Crippen LogP contribution in [-0.2, 0) is 0 Å². The van der Waals surface area contributed by atoms with Gasteiger partial charge in [0.15, 0.2) is 0 Å². The van der Waals surface area contributed by atoms with E-state index in [9.17, 15) is 13.6 Å². The van der Waals surface area contributed by atoms with Crippen LogP contribution in [0.2, 0.25) is 0 Å². The zero-order valence-corrected chi connectivity index (χ0v) is 8.83. The average Bonchev–Trinajstić information content (AvgIpc) is 2.08. The number of hydrogen-bond donors (Lipinski definition) is 2. The molecule has 0 saturated heterocycles. The molecule has 0 aliphatic carbocycles. The van der Waals surface area contributed by atoms with Crippen molar-refractivity contribution < 1.29 is 18.7 Å². The zero-order chi connectivity index (χ0) is 10.9. The number of carboxylic acid groups (broad SMARTS) is 1. The van der Waals surface area contributed by atoms with Crippen molar-refractivity contribution >= 4 is 34.4 Å². The Kier molecular flexibility index (Phi) is 3.19. The summed E-state index contributed by atoms with van der Waals surface area (Å²) >= 11 is 1.73. The third-order valence-electron chi connectivity index (χ3n) is 1.47. The van der Waals surface area contributed by atoms with E-state index in [1.165, 1.54) is 0 Å². The molecule has 14 heavy (non-hydrogen) atoms. The van der Waals surface area contributed by atoms with Crippen molar-refractivity contribution in [3.05, 3.63) is 20.9 Å². The van der Waals surface area contributed by atoms with Gasteiger partial charge in [0, 0.05) is 0 Å². The van der Waals surface area contributed by atoms with Gasteiger partial charge in [0.25, 0.3) is 6.43 Å². The molecule has 3 N–H and O–H groups in total. The highest BCUT2D eigenvalue weighted by Gasteiger charge is 2.21. The maximum atomic E-state index is 12.3. The number of aromatic carboxylic acids is 1. The van der Waals surface area contributed by atoms with Crippen LogP contribution in [0.5, 0.6) is 0 Å². The first kappa shape index (κ1) is 11.1. The molecule has 0 saturated carbocycles. The second kappa shape index (κ2) is 4.03. The summed E-state index contributed by atoms with van der Waals surface area (Å²) in [4.78, 5) is 13.9. The Morgan fingerprint density at radius 2 is 2.21 bits per heavy atom. The summed E-state index contributed by atoms with van der Waals surface area (Å²) < 4.78 is 25.0. The molecule has 0 spiro atoms. The van der Waals surface area contributed by atoms with Crippen molar-refractivity contribution in [1.82, 2.24) is 4.98 Å². The first-order chi connectivity index (χ1) is 6.43. The summed E-state index contributed by atoms with van der Waals surface area (Å²) in [6.45, 7) is 0. The van der Waals surface area contributed by atoms with Gasteiger partial charge in [-0.2, -0.15) is 0 Å². The second-order valence-corrected chi connectivity index (χ2v) is 3.56. The van der Waals surface area contributed by atoms with Crippen molar-refractivity contribution in [3.63, 3.8) is 0 Å². The van der Waals surface area contributed by atoms with Crippen LogP contribution in [0.3, 0.4) is 0 Å². The van der Waals surface area contributed by atoms with Crippen LogP contribution in [0.25, 0.3) is 0 Å². The quantitative estimate of drug-likeness (QED) is 0.818. The molecular formula is C7H5F2IN2O2. The topological polar surface area (TPSA) is 76.2 Å². The SMILES string of the molecule is Nc1nc(C(F)F)c(C(=O)O)cc1I. The number of nitrogens with zero attached hydrogens (tertiary/aromatic N) is 1. The lowest BCUT2D eigenvalue weighted by atomic mass is 10.2. The van der Waals surface area contributed by atoms with Crippen molar-refractivity contribution in [3.8, 4) is 0 Å². The average molecular weight is 314 g/mol. The number of carboxylic acids is 1. The fourth-order valence-electron chi connectivity index (χ4n) is 0.856. The number of hydrogen-bond acceptors (Lipinski definition) is 3. The normalized spacial score (nSPS) is 10.6. The summed E-state index contributed by atoms with van der Waals surface area (Å²) in [6, 6.07) is 1.08. The Labute approximate surface area is 91.3 Å². The van der Waals surface area contributed by atoms with Crippen LogP contribution in [0.15, 0.2) is 6.07 Å². The number of aromatic nitrogens is 1. The van der Waals surface area contributed by atoms with Gasteiger partial charge < -0.3 is 10.8 Å². The fourth-order valence-corrected chi connectivity index (χ4v) is 1.29. The molecule has 0 radical (unpaired) electrons. The fraction of sp³-hybridized carbons (Fsp3) is 0.143. The van der Waals surface area contributed by atoms with Gasteiger partial charge in [0.2, 0.25) is 0 Å². The van der Waals surface area contributed by atoms with Gasteiger partial charge in [-0.3, -0.25) is 0 Å². The standard InChI is InChI=1S/C7H5F2IN2O2/c8-5(9)4-2(7(13)14)1-3(10)6(11)12-4/h1,5H,(H2,11,12)(H,13,14). The predicted octanol–water partition coefficient (Wildman–Crippen LogP) is 1.90. The van der Waals surface area contributed by atoms with E-state index in [2.05, 4.69) is 4.98 Å². The Balaban J connectivity index is 3.39. The minimum atomic E-state index is -2.94. The number of anilines is 1. The third-order valence-corrected chi connectivity index (χ3v) is 2.33. The van der Waals surface area contributed by atoms with E-state index in [0.29, 0.717) is 3.57 Å². The maximum Gasteiger partial charge on any atom is 0.337 e. The minimum absolute atomic E-state index is 0.0918. The number of halogens is 3. The van der Waals surface area contributed by atoms with Crippen LogP contribution in [0.4, 0.5) is 14.6 Å². The van der Waals surface area contributed by atoms with Crippen molar-refractivity contribution in [1.29, 1.82) is 0 Å². The Morgan fingerprint density at radius 3 is 2.64 bits per heavy atom. The number of nitrogens with two attached hydrogens (primary N) is 1. The first-order valence-electron chi connectivity index (χ1n) is 3.41. The van der Waals surface area contributed by atoms with E-state index >= 15 is 0 Å². The Bertz CT molecular complexity index is 384. The molecule has 0 fully saturated rings. The highest BCUT2D eigenvalue weighted by atomic mass is 127. The van der Waals surface area contributed by atoms with Crippen LogP contribution in [-0.4, -0.2) is 16.1 Å². The van der Waals surface area contributed by atoms with Crippen molar-refractivity contribution in [2.24, 2.45) is 0 Å². The van der Waals surface area contributed by atoms with E-state index in [4.69, 9.17) is 10.8 Å². The lowest BCUT2D eigenvalue weighted by Crippen LogP contribution is -2.09. The molecule has 0 unspecified atom stereocenters. The Hall–Kier alpha value is -0.990. The maximum absolute atomic E-state index is 12.3. The van der Waals surface area contributed by atoms with E-state index in [0.717, 1.165) is 6.07 Å². The minimum Gasteiger partial charge on any atom is -0.478 e. The van der Waals surface area contributed by atoms with Gasteiger partial charge in [0.05, 0.1) is 9.13 Å². The van der Waals surface area contributed by atoms with Crippen LogP contribution >= 0.6 is 22.6 Å². The molecule has 0 aliphatic heterocycles. The predicted molar refractivity (Wildman–Crippen MR) is 53.3 cm³/mol. The number of carbonyl (C=O) groups is 1. The summed E-state index contributed by atoms with van der Waals surface area (Å²) in [5.41, 5.74) is 3.97. The van der Waals surface area contributed by atoms with Gasteiger partial charge in [-0.25, -0.2) is 18.6 Å². The number of rotatable bonds is 2. The van der Waals surface area contributed by atoms with Crippen molar-refractivity contribution in [2.45, 2.75) is 6.43 Å². The number of pyridine rings is 1. The van der Waals surface area contributed by atoms with E-state index in [1.807, 2.05) is 0 Å². The lowest BCUT2D eigenvalue weighted by molar-refractivity contribution is 0.0682. The van der Waals surface area contributed by atoms with E-state index < -0.39 is 23.7 Å². The lowest BCUT2D eigenvalue weighted by Gasteiger charge is -2.06. The zero-order valence-electron chi connectivity index (χ0n) is 6.67. The third kappa shape index (κ3) is 2.08. The monoisotopic (exact) mass is 314 g/mol. The molecule has 1 heterocycles. The Morgan fingerprint density at radius 1 is 1.64 bits per heavy atom. The molecule has 0 aromatic carbocycles. The number of alkyl halides is 2. The first-order valence-corrected chi connectivity index (χ1v) is 4.48. The van der Waals surface area contributed by atoms with Gasteiger partial charge in [0.1, 0.15) is 11.5 Å². The largest absolute Gasteiger partial charge is 0.478 e. The summed E-state index contributed by atoms with van der Waals surface area (Å²) in [5.74, 6) is -1.53. The highest BCUT2D eigenvalue weighted by molar-refractivity contribution is 14.1.